The molecule has 3 rings (SSSR count). The number of nitrogen functional groups attached to an aromatic ring is 1. The van der Waals surface area contributed by atoms with Crippen LogP contribution in [0.4, 0.5) is 11.4 Å². The Balaban J connectivity index is 1.98. The molecule has 3 nitrogen and oxygen atoms in total. The number of amides is 1. The third kappa shape index (κ3) is 2.66. The molecular weight excluding hydrogens is 348 g/mol. The summed E-state index contributed by atoms with van der Waals surface area (Å²) in [6, 6.07) is 13.5. The van der Waals surface area contributed by atoms with E-state index in [1.165, 1.54) is 11.3 Å². The highest BCUT2D eigenvalue weighted by atomic mass is 79.9. The van der Waals surface area contributed by atoms with Gasteiger partial charge in [-0.05, 0) is 30.7 Å². The number of carbonyl (C=O) groups excluding carboxylic acids is 1. The van der Waals surface area contributed by atoms with Gasteiger partial charge >= 0.3 is 0 Å². The molecule has 3 N–H and O–H groups in total. The lowest BCUT2D eigenvalue weighted by Gasteiger charge is -2.07. The van der Waals surface area contributed by atoms with E-state index in [2.05, 4.69) is 21.2 Å². The van der Waals surface area contributed by atoms with Crippen LogP contribution in [0.25, 0.3) is 10.1 Å². The van der Waals surface area contributed by atoms with E-state index in [0.29, 0.717) is 10.6 Å². The SMILES string of the molecule is Cc1ccccc1NC(=O)c1sc2cc(Br)ccc2c1N. The maximum atomic E-state index is 12.4. The van der Waals surface area contributed by atoms with Crippen molar-refractivity contribution in [3.05, 3.63) is 57.4 Å². The third-order valence-electron chi connectivity index (χ3n) is 3.29. The van der Waals surface area contributed by atoms with Gasteiger partial charge in [0.1, 0.15) is 4.88 Å². The first kappa shape index (κ1) is 14.1. The number of anilines is 2. The van der Waals surface area contributed by atoms with Gasteiger partial charge < -0.3 is 11.1 Å². The van der Waals surface area contributed by atoms with E-state index in [1.807, 2.05) is 49.4 Å². The number of halogens is 1. The number of thiophene rings is 1. The van der Waals surface area contributed by atoms with Gasteiger partial charge in [-0.3, -0.25) is 4.79 Å². The number of hydrogen-bond acceptors (Lipinski definition) is 3. The first-order valence-corrected chi connectivity index (χ1v) is 8.01. The Hall–Kier alpha value is -1.85. The van der Waals surface area contributed by atoms with Gasteiger partial charge in [0.25, 0.3) is 5.91 Å². The Kier molecular flexibility index (Phi) is 3.69. The molecule has 0 atom stereocenters. The second-order valence-electron chi connectivity index (χ2n) is 4.75. The number of benzene rings is 2. The summed E-state index contributed by atoms with van der Waals surface area (Å²) < 4.78 is 1.97. The Bertz CT molecular complexity index is 841. The molecule has 21 heavy (non-hydrogen) atoms. The number of fused-ring (bicyclic) bond motifs is 1. The van der Waals surface area contributed by atoms with Gasteiger partial charge in [-0.25, -0.2) is 0 Å². The molecule has 1 aromatic heterocycles. The Morgan fingerprint density at radius 2 is 2.00 bits per heavy atom. The second kappa shape index (κ2) is 5.50. The Morgan fingerprint density at radius 1 is 1.24 bits per heavy atom. The summed E-state index contributed by atoms with van der Waals surface area (Å²) in [6.07, 6.45) is 0. The number of nitrogens with two attached hydrogens (primary N) is 1. The summed E-state index contributed by atoms with van der Waals surface area (Å²) in [7, 11) is 0. The van der Waals surface area contributed by atoms with Gasteiger partial charge in [0.15, 0.2) is 0 Å². The van der Waals surface area contributed by atoms with Gasteiger partial charge in [0, 0.05) is 20.2 Å². The standard InChI is InChI=1S/C16H13BrN2OS/c1-9-4-2-3-5-12(9)19-16(20)15-14(18)11-7-6-10(17)8-13(11)21-15/h2-8H,18H2,1H3,(H,19,20). The number of aryl methyl sites for hydroxylation is 1. The fourth-order valence-electron chi connectivity index (χ4n) is 2.15. The lowest BCUT2D eigenvalue weighted by molar-refractivity contribution is 0.103. The van der Waals surface area contributed by atoms with Crippen molar-refractivity contribution in [2.75, 3.05) is 11.1 Å². The maximum Gasteiger partial charge on any atom is 0.267 e. The summed E-state index contributed by atoms with van der Waals surface area (Å²) in [5.74, 6) is -0.167. The van der Waals surface area contributed by atoms with Crippen LogP contribution in [-0.4, -0.2) is 5.91 Å². The fourth-order valence-corrected chi connectivity index (χ4v) is 3.72. The molecule has 1 amide bonds. The van der Waals surface area contributed by atoms with E-state index in [4.69, 9.17) is 5.73 Å². The molecule has 0 radical (unpaired) electrons. The van der Waals surface area contributed by atoms with Gasteiger partial charge in [-0.15, -0.1) is 11.3 Å². The van der Waals surface area contributed by atoms with Crippen molar-refractivity contribution in [1.82, 2.24) is 0 Å². The van der Waals surface area contributed by atoms with Crippen molar-refractivity contribution in [3.63, 3.8) is 0 Å². The van der Waals surface area contributed by atoms with E-state index in [9.17, 15) is 4.79 Å². The number of rotatable bonds is 2. The predicted octanol–water partition coefficient (Wildman–Crippen LogP) is 4.81. The van der Waals surface area contributed by atoms with Gasteiger partial charge in [-0.2, -0.15) is 0 Å². The van der Waals surface area contributed by atoms with Crippen LogP contribution in [0.3, 0.4) is 0 Å². The van der Waals surface area contributed by atoms with Crippen LogP contribution in [0, 0.1) is 6.92 Å². The van der Waals surface area contributed by atoms with Crippen molar-refractivity contribution in [2.24, 2.45) is 0 Å². The van der Waals surface area contributed by atoms with Crippen molar-refractivity contribution in [3.8, 4) is 0 Å². The summed E-state index contributed by atoms with van der Waals surface area (Å²) in [4.78, 5) is 13.0. The zero-order valence-electron chi connectivity index (χ0n) is 11.3. The average Bonchev–Trinajstić information content (AvgIpc) is 2.78. The van der Waals surface area contributed by atoms with Crippen molar-refractivity contribution >= 4 is 54.6 Å². The molecule has 0 bridgehead atoms. The van der Waals surface area contributed by atoms with E-state index in [0.717, 1.165) is 25.8 Å². The minimum atomic E-state index is -0.167. The molecule has 1 heterocycles. The van der Waals surface area contributed by atoms with Crippen LogP contribution >= 0.6 is 27.3 Å². The van der Waals surface area contributed by atoms with Gasteiger partial charge in [-0.1, -0.05) is 40.2 Å². The molecule has 0 aliphatic heterocycles. The van der Waals surface area contributed by atoms with Crippen molar-refractivity contribution < 1.29 is 4.79 Å². The quantitative estimate of drug-likeness (QED) is 0.688. The van der Waals surface area contributed by atoms with E-state index < -0.39 is 0 Å². The van der Waals surface area contributed by atoms with Crippen LogP contribution in [-0.2, 0) is 0 Å². The maximum absolute atomic E-state index is 12.4. The first-order valence-electron chi connectivity index (χ1n) is 6.41. The molecule has 0 aliphatic rings. The highest BCUT2D eigenvalue weighted by Gasteiger charge is 2.17. The van der Waals surface area contributed by atoms with E-state index >= 15 is 0 Å². The lowest BCUT2D eigenvalue weighted by Crippen LogP contribution is -2.12. The predicted molar refractivity (Wildman–Crippen MR) is 93.1 cm³/mol. The zero-order chi connectivity index (χ0) is 15.0. The molecular formula is C16H13BrN2OS. The largest absolute Gasteiger partial charge is 0.397 e. The number of carbonyl (C=O) groups is 1. The molecule has 0 aliphatic carbocycles. The van der Waals surface area contributed by atoms with E-state index in [1.54, 1.807) is 0 Å². The van der Waals surface area contributed by atoms with E-state index in [-0.39, 0.29) is 5.91 Å². The number of hydrogen-bond donors (Lipinski definition) is 2. The van der Waals surface area contributed by atoms with Gasteiger partial charge in [0.2, 0.25) is 0 Å². The van der Waals surface area contributed by atoms with Crippen molar-refractivity contribution in [1.29, 1.82) is 0 Å². The lowest BCUT2D eigenvalue weighted by atomic mass is 10.2. The first-order chi connectivity index (χ1) is 10.1. The molecule has 0 saturated carbocycles. The number of nitrogens with one attached hydrogen (secondary N) is 1. The van der Waals surface area contributed by atoms with Crippen LogP contribution in [0.5, 0.6) is 0 Å². The normalized spacial score (nSPS) is 10.8. The zero-order valence-corrected chi connectivity index (χ0v) is 13.7. The molecule has 2 aromatic carbocycles. The smallest absolute Gasteiger partial charge is 0.267 e. The molecule has 5 heteroatoms. The average molecular weight is 361 g/mol. The van der Waals surface area contributed by atoms with Gasteiger partial charge in [0.05, 0.1) is 5.69 Å². The van der Waals surface area contributed by atoms with Crippen LogP contribution in [0.2, 0.25) is 0 Å². The topological polar surface area (TPSA) is 55.1 Å². The number of para-hydroxylation sites is 1. The molecule has 0 saturated heterocycles. The van der Waals surface area contributed by atoms with Crippen molar-refractivity contribution in [2.45, 2.75) is 6.92 Å². The van der Waals surface area contributed by atoms with Crippen LogP contribution < -0.4 is 11.1 Å². The Labute approximate surface area is 134 Å². The highest BCUT2D eigenvalue weighted by Crippen LogP contribution is 2.35. The minimum absolute atomic E-state index is 0.167. The summed E-state index contributed by atoms with van der Waals surface area (Å²) in [5.41, 5.74) is 8.48. The molecule has 0 unspecified atom stereocenters. The highest BCUT2D eigenvalue weighted by molar-refractivity contribution is 9.10. The summed E-state index contributed by atoms with van der Waals surface area (Å²) >= 11 is 4.84. The fraction of sp³-hybridized carbons (Fsp3) is 0.0625. The molecule has 0 spiro atoms. The molecule has 3 aromatic rings. The second-order valence-corrected chi connectivity index (χ2v) is 6.72. The Morgan fingerprint density at radius 3 is 2.76 bits per heavy atom. The monoisotopic (exact) mass is 360 g/mol. The third-order valence-corrected chi connectivity index (χ3v) is 4.95. The summed E-state index contributed by atoms with van der Waals surface area (Å²) in [5, 5.41) is 3.84. The minimum Gasteiger partial charge on any atom is -0.397 e. The molecule has 106 valence electrons. The van der Waals surface area contributed by atoms with Crippen LogP contribution in [0.15, 0.2) is 46.9 Å². The summed E-state index contributed by atoms with van der Waals surface area (Å²) in [6.45, 7) is 1.96. The molecule has 0 fully saturated rings. The van der Waals surface area contributed by atoms with Crippen LogP contribution in [0.1, 0.15) is 15.2 Å².